The molecule has 8 atom stereocenters. The number of aromatic nitrogens is 4. The third kappa shape index (κ3) is 13.0. The molecule has 0 radical (unpaired) electrons. The van der Waals surface area contributed by atoms with Crippen LogP contribution in [0.5, 0.6) is 17.2 Å². The Bertz CT molecular complexity index is 3440. The number of aliphatic hydroxyl groups is 2. The molecule has 30 heteroatoms. The molecule has 3 amide bonds. The number of hydrogen-bond donors (Lipinski definition) is 12. The van der Waals surface area contributed by atoms with Crippen LogP contribution >= 0.6 is 21.6 Å². The number of amides is 3. The number of carbonyl (C=O) groups is 8. The van der Waals surface area contributed by atoms with E-state index in [1.807, 2.05) is 0 Å². The summed E-state index contributed by atoms with van der Waals surface area (Å²) < 4.78 is 22.8. The zero-order chi connectivity index (χ0) is 59.3. The lowest BCUT2D eigenvalue weighted by Crippen LogP contribution is -2.55. The minimum atomic E-state index is -2.19. The molecule has 82 heavy (non-hydrogen) atoms. The number of ether oxygens (including phenoxy) is 4. The molecule has 3 aromatic carbocycles. The number of phenolic OH excluding ortho intramolecular Hbond substituents is 2. The first-order valence-electron chi connectivity index (χ1n) is 25.2. The molecule has 2 aliphatic carbocycles. The molecule has 1 aliphatic heterocycles. The van der Waals surface area contributed by atoms with Gasteiger partial charge in [-0.3, -0.25) is 33.8 Å². The predicted octanol–water partition coefficient (Wildman–Crippen LogP) is 1.63. The molecule has 7 unspecified atom stereocenters. The standard InChI is InChI=1S/C52H55N9O19S2/c1-21-40(64)29(15-34(79-21)80-32-17-52(76,22(2)62)16-27-36(32)44(68)38-37(42(27)66)41(65)26-5-4-6-31(77-3)35(26)43(38)67)59-51(75)78-13-14-81-82-20-30(49(73)74)57-33(63)12-11-28(48(71)72)58-46(69)23-7-9-24(10-8-23)54-18-25-19-55-45-39(56-25)47(70)61-50(53)60-45/h4-10,19,21,28-30,32,34,40,54,64,66,68,76H,11-18,20H2,1-3H3,(H,57,63)(H,58,69)(H,59,75)(H,71,72)(H,73,74)(H3,53,55,60,61,70)/t21?,28?,29?,30?,32?,34?,40?,52-/m0/s1. The molecule has 434 valence electrons. The fourth-order valence-electron chi connectivity index (χ4n) is 9.51. The Labute approximate surface area is 471 Å². The van der Waals surface area contributed by atoms with Crippen molar-refractivity contribution in [1.29, 1.82) is 0 Å². The van der Waals surface area contributed by atoms with Crippen LogP contribution in [0.2, 0.25) is 0 Å². The molecule has 13 N–H and O–H groups in total. The maximum absolute atomic E-state index is 14.0. The van der Waals surface area contributed by atoms with Crippen LogP contribution in [-0.4, -0.2) is 165 Å². The van der Waals surface area contributed by atoms with Gasteiger partial charge in [-0.05, 0) is 50.6 Å². The Morgan fingerprint density at radius 2 is 1.66 bits per heavy atom. The number of anilines is 2. The average Bonchev–Trinajstić information content (AvgIpc) is 3.45. The van der Waals surface area contributed by atoms with Crippen molar-refractivity contribution in [1.82, 2.24) is 35.9 Å². The molecular weight excluding hydrogens is 1120 g/mol. The highest BCUT2D eigenvalue weighted by Crippen LogP contribution is 2.52. The summed E-state index contributed by atoms with van der Waals surface area (Å²) in [5.74, 6) is -8.36. The van der Waals surface area contributed by atoms with Crippen molar-refractivity contribution in [3.63, 3.8) is 0 Å². The van der Waals surface area contributed by atoms with Crippen molar-refractivity contribution in [3.8, 4) is 17.2 Å². The first-order chi connectivity index (χ1) is 39.0. The van der Waals surface area contributed by atoms with Crippen LogP contribution < -0.4 is 37.3 Å². The van der Waals surface area contributed by atoms with Crippen LogP contribution in [0.25, 0.3) is 11.2 Å². The van der Waals surface area contributed by atoms with Crippen LogP contribution in [0, 0.1) is 0 Å². The number of fused-ring (bicyclic) bond motifs is 4. The van der Waals surface area contributed by atoms with E-state index in [0.717, 1.165) is 28.5 Å². The number of aromatic hydroxyl groups is 2. The first kappa shape index (κ1) is 59.7. The zero-order valence-corrected chi connectivity index (χ0v) is 45.4. The summed E-state index contributed by atoms with van der Waals surface area (Å²) in [6.45, 7) is 2.51. The normalized spacial score (nSPS) is 20.7. The third-order valence-corrected chi connectivity index (χ3v) is 16.2. The Morgan fingerprint density at radius 1 is 0.939 bits per heavy atom. The number of carbonyl (C=O) groups excluding carboxylic acids is 6. The van der Waals surface area contributed by atoms with E-state index in [0.29, 0.717) is 11.4 Å². The number of H-pyrrole nitrogens is 1. The van der Waals surface area contributed by atoms with Crippen molar-refractivity contribution in [2.24, 2.45) is 0 Å². The lowest BCUT2D eigenvalue weighted by molar-refractivity contribution is -0.249. The molecule has 0 spiro atoms. The van der Waals surface area contributed by atoms with E-state index in [1.165, 1.54) is 50.6 Å². The number of nitrogens with one attached hydrogen (secondary N) is 5. The Balaban J connectivity index is 0.783. The number of benzene rings is 3. The molecule has 5 aromatic rings. The lowest BCUT2D eigenvalue weighted by atomic mass is 9.72. The predicted molar refractivity (Wildman–Crippen MR) is 289 cm³/mol. The Morgan fingerprint density at radius 3 is 2.35 bits per heavy atom. The van der Waals surface area contributed by atoms with Crippen molar-refractivity contribution in [3.05, 3.63) is 104 Å². The number of aliphatic hydroxyl groups excluding tert-OH is 1. The van der Waals surface area contributed by atoms with E-state index in [-0.39, 0.29) is 88.2 Å². The fraction of sp³-hybridized carbons (Fsp3) is 0.385. The van der Waals surface area contributed by atoms with Gasteiger partial charge in [0.2, 0.25) is 17.6 Å². The number of aliphatic carboxylic acids is 2. The molecule has 2 aromatic heterocycles. The highest BCUT2D eigenvalue weighted by Gasteiger charge is 2.50. The van der Waals surface area contributed by atoms with Crippen LogP contribution in [0.15, 0.2) is 53.5 Å². The quantitative estimate of drug-likeness (QED) is 0.0261. The van der Waals surface area contributed by atoms with Crippen LogP contribution in [0.3, 0.4) is 0 Å². The number of ketones is 3. The van der Waals surface area contributed by atoms with E-state index >= 15 is 0 Å². The number of nitrogens with two attached hydrogens (primary N) is 1. The molecule has 0 saturated carbocycles. The summed E-state index contributed by atoms with van der Waals surface area (Å²) in [5, 5.41) is 76.0. The molecule has 3 heterocycles. The summed E-state index contributed by atoms with van der Waals surface area (Å²) in [7, 11) is 3.41. The largest absolute Gasteiger partial charge is 0.507 e. The SMILES string of the molecule is COc1cccc2c1C(=O)c1c(O)c3c(c(O)c1C2=O)C[C@@](O)(C(C)=O)CC3OC1CC(NC(=O)OCCSSCC(NC(=O)CCC(NC(=O)c2ccc(NCc3cnc4nc(N)[nH]c(=O)c4n3)cc2)C(=O)O)C(=O)O)C(O)C(C)O1. The number of hydrogen-bond acceptors (Lipinski definition) is 24. The van der Waals surface area contributed by atoms with Crippen LogP contribution in [0.1, 0.15) is 105 Å². The van der Waals surface area contributed by atoms with Gasteiger partial charge in [0, 0.05) is 65.1 Å². The summed E-state index contributed by atoms with van der Waals surface area (Å²) in [6.07, 6.45) is -6.84. The van der Waals surface area contributed by atoms with Gasteiger partial charge in [0.1, 0.15) is 47.6 Å². The van der Waals surface area contributed by atoms with Gasteiger partial charge in [-0.15, -0.1) is 0 Å². The summed E-state index contributed by atoms with van der Waals surface area (Å²) in [5.41, 5.74) is 2.18. The minimum Gasteiger partial charge on any atom is -0.507 e. The molecule has 8 rings (SSSR count). The number of carboxylic acids is 2. The van der Waals surface area contributed by atoms with Gasteiger partial charge >= 0.3 is 18.0 Å². The number of alkyl carbamates (subject to hydrolysis) is 1. The smallest absolute Gasteiger partial charge is 0.407 e. The summed E-state index contributed by atoms with van der Waals surface area (Å²) in [6, 6.07) is 6.21. The number of nitrogens with zero attached hydrogens (tertiary/aromatic N) is 3. The number of carboxylic acid groups (broad SMARTS) is 2. The topological polar surface area (TPSA) is 441 Å². The highest BCUT2D eigenvalue weighted by molar-refractivity contribution is 8.76. The molecule has 1 saturated heterocycles. The van der Waals surface area contributed by atoms with Gasteiger partial charge in [-0.2, -0.15) is 4.98 Å². The van der Waals surface area contributed by atoms with E-state index in [4.69, 9.17) is 24.7 Å². The van der Waals surface area contributed by atoms with Crippen molar-refractivity contribution in [2.45, 2.75) is 101 Å². The molecular formula is C52H55N9O19S2. The number of rotatable bonds is 22. The number of Topliss-reactive ketones (excluding diaryl/α,β-unsaturated/α-hetero) is 1. The second-order valence-electron chi connectivity index (χ2n) is 19.2. The zero-order valence-electron chi connectivity index (χ0n) is 43.8. The van der Waals surface area contributed by atoms with Crippen molar-refractivity contribution in [2.75, 3.05) is 36.3 Å². The van der Waals surface area contributed by atoms with E-state index < -0.39 is 143 Å². The third-order valence-electron chi connectivity index (χ3n) is 13.8. The van der Waals surface area contributed by atoms with E-state index in [2.05, 4.69) is 41.2 Å². The molecule has 28 nitrogen and oxygen atoms in total. The summed E-state index contributed by atoms with van der Waals surface area (Å²) >= 11 is 0. The highest BCUT2D eigenvalue weighted by atomic mass is 33.1. The number of methoxy groups -OCH3 is 1. The number of nitrogen functional groups attached to an aromatic ring is 1. The fourth-order valence-corrected chi connectivity index (χ4v) is 11.5. The first-order valence-corrected chi connectivity index (χ1v) is 27.7. The average molecular weight is 1170 g/mol. The maximum Gasteiger partial charge on any atom is 0.407 e. The van der Waals surface area contributed by atoms with Gasteiger partial charge in [-0.1, -0.05) is 33.7 Å². The van der Waals surface area contributed by atoms with E-state index in [1.54, 1.807) is 12.1 Å². The van der Waals surface area contributed by atoms with Crippen molar-refractivity contribution < 1.29 is 87.9 Å². The summed E-state index contributed by atoms with van der Waals surface area (Å²) in [4.78, 5) is 130. The number of aromatic amines is 1. The van der Waals surface area contributed by atoms with Crippen molar-refractivity contribution >= 4 is 91.6 Å². The second kappa shape index (κ2) is 25.2. The second-order valence-corrected chi connectivity index (χ2v) is 21.9. The maximum atomic E-state index is 14.0. The van der Waals surface area contributed by atoms with Crippen LogP contribution in [0.4, 0.5) is 16.4 Å². The van der Waals surface area contributed by atoms with Gasteiger partial charge < -0.3 is 76.6 Å². The molecule has 1 fully saturated rings. The monoisotopic (exact) mass is 1170 g/mol. The molecule has 3 aliphatic rings. The van der Waals surface area contributed by atoms with Crippen LogP contribution in [-0.2, 0) is 46.4 Å². The van der Waals surface area contributed by atoms with E-state index in [9.17, 15) is 73.8 Å². The van der Waals surface area contributed by atoms with Gasteiger partial charge in [0.25, 0.3) is 11.5 Å². The Hall–Kier alpha value is -8.42. The number of phenols is 2. The van der Waals surface area contributed by atoms with Gasteiger partial charge in [-0.25, -0.2) is 24.4 Å². The lowest BCUT2D eigenvalue weighted by Gasteiger charge is -2.42. The minimum absolute atomic E-state index is 0.00259. The van der Waals surface area contributed by atoms with Gasteiger partial charge in [0.15, 0.2) is 29.0 Å². The molecule has 0 bridgehead atoms. The Kier molecular flexibility index (Phi) is 18.3. The van der Waals surface area contributed by atoms with Gasteiger partial charge in [0.05, 0.1) is 60.5 Å².